The Morgan fingerprint density at radius 3 is 2.40 bits per heavy atom. The van der Waals surface area contributed by atoms with Gasteiger partial charge in [0.2, 0.25) is 15.9 Å². The predicted molar refractivity (Wildman–Crippen MR) is 156 cm³/mol. The number of nitrogen functional groups attached to an aromatic ring is 1. The van der Waals surface area contributed by atoms with Crippen LogP contribution in [0.3, 0.4) is 0 Å². The van der Waals surface area contributed by atoms with Crippen LogP contribution in [0.15, 0.2) is 59.5 Å². The van der Waals surface area contributed by atoms with Gasteiger partial charge in [-0.3, -0.25) is 4.79 Å². The van der Waals surface area contributed by atoms with Crippen molar-refractivity contribution in [2.45, 2.75) is 63.6 Å². The predicted octanol–water partition coefficient (Wildman–Crippen LogP) is 2.44. The summed E-state index contributed by atoms with van der Waals surface area (Å²) in [7, 11) is -3.98. The van der Waals surface area contributed by atoms with E-state index in [2.05, 4.69) is 10.6 Å². The van der Waals surface area contributed by atoms with Gasteiger partial charge < -0.3 is 26.4 Å². The van der Waals surface area contributed by atoms with Crippen LogP contribution in [0.4, 0.5) is 10.5 Å². The van der Waals surface area contributed by atoms with Gasteiger partial charge in [0, 0.05) is 31.9 Å². The van der Waals surface area contributed by atoms with Gasteiger partial charge in [0.1, 0.15) is 6.04 Å². The zero-order valence-corrected chi connectivity index (χ0v) is 24.6. The lowest BCUT2D eigenvalue weighted by Crippen LogP contribution is -2.60. The Labute approximate surface area is 238 Å². The highest BCUT2D eigenvalue weighted by atomic mass is 32.2. The van der Waals surface area contributed by atoms with Crippen LogP contribution in [0.1, 0.15) is 39.7 Å². The summed E-state index contributed by atoms with van der Waals surface area (Å²) >= 11 is 0. The molecule has 11 heteroatoms. The molecule has 3 rings (SSSR count). The highest BCUT2D eigenvalue weighted by Gasteiger charge is 2.37. The van der Waals surface area contributed by atoms with Crippen LogP contribution in [0.5, 0.6) is 0 Å². The standard InChI is InChI=1S/C29H43N5O5S/c1-20(2)18-33(40(38,39)24-13-8-12-23(30)17-24)19-26(35)25(16-22-10-6-5-7-11-22)32-28(36)27(21(3)4)34-15-9-14-31-29(34)37/h5-8,10-13,17,20-21,25-27,35H,9,14-16,18-19,30H2,1-4H3,(H,31,37)(H,32,36)/t25-,26+,27-/m0/s1. The van der Waals surface area contributed by atoms with Gasteiger partial charge in [-0.25, -0.2) is 13.2 Å². The minimum atomic E-state index is -3.98. The van der Waals surface area contributed by atoms with Crippen LogP contribution >= 0.6 is 0 Å². The number of hydrogen-bond donors (Lipinski definition) is 4. The van der Waals surface area contributed by atoms with Crippen LogP contribution in [0.2, 0.25) is 0 Å². The largest absolute Gasteiger partial charge is 0.399 e. The summed E-state index contributed by atoms with van der Waals surface area (Å²) in [6, 6.07) is 13.6. The first-order chi connectivity index (χ1) is 18.9. The summed E-state index contributed by atoms with van der Waals surface area (Å²) in [6.07, 6.45) is -0.232. The summed E-state index contributed by atoms with van der Waals surface area (Å²) < 4.78 is 28.5. The Kier molecular flexibility index (Phi) is 11.0. The molecule has 1 aliphatic rings. The van der Waals surface area contributed by atoms with Gasteiger partial charge in [0.15, 0.2) is 0 Å². The number of aliphatic hydroxyl groups is 1. The normalized spacial score (nSPS) is 16.6. The van der Waals surface area contributed by atoms with Crippen molar-refractivity contribution >= 4 is 27.6 Å². The fourth-order valence-corrected chi connectivity index (χ4v) is 6.65. The molecule has 1 aliphatic heterocycles. The molecule has 0 bridgehead atoms. The number of carbonyl (C=O) groups is 2. The number of carbonyl (C=O) groups excluding carboxylic acids is 2. The first kappa shape index (κ1) is 31.4. The number of rotatable bonds is 13. The summed E-state index contributed by atoms with van der Waals surface area (Å²) in [6.45, 7) is 8.49. The minimum Gasteiger partial charge on any atom is -0.399 e. The molecule has 5 N–H and O–H groups in total. The number of nitrogens with one attached hydrogen (secondary N) is 2. The van der Waals surface area contributed by atoms with Gasteiger partial charge in [-0.05, 0) is 48.4 Å². The average molecular weight is 574 g/mol. The molecule has 0 aliphatic carbocycles. The van der Waals surface area contributed by atoms with E-state index in [9.17, 15) is 23.1 Å². The summed E-state index contributed by atoms with van der Waals surface area (Å²) in [4.78, 5) is 27.8. The molecule has 0 aromatic heterocycles. The summed E-state index contributed by atoms with van der Waals surface area (Å²) in [5, 5.41) is 17.3. The fraction of sp³-hybridized carbons (Fsp3) is 0.517. The Bertz CT molecular complexity index is 1240. The molecule has 3 amide bonds. The molecule has 2 aromatic rings. The van der Waals surface area contributed by atoms with E-state index >= 15 is 0 Å². The van der Waals surface area contributed by atoms with Crippen molar-refractivity contribution in [3.8, 4) is 0 Å². The second kappa shape index (κ2) is 14.0. The molecule has 0 radical (unpaired) electrons. The molecule has 0 unspecified atom stereocenters. The van der Waals surface area contributed by atoms with Gasteiger partial charge in [0.05, 0.1) is 17.0 Å². The summed E-state index contributed by atoms with van der Waals surface area (Å²) in [5.41, 5.74) is 7.05. The number of urea groups is 1. The van der Waals surface area contributed by atoms with Crippen molar-refractivity contribution in [2.75, 3.05) is 31.9 Å². The van der Waals surface area contributed by atoms with E-state index in [-0.39, 0.29) is 48.2 Å². The number of nitrogens with two attached hydrogens (primary N) is 1. The van der Waals surface area contributed by atoms with Gasteiger partial charge in [-0.15, -0.1) is 0 Å². The van der Waals surface area contributed by atoms with E-state index in [0.717, 1.165) is 12.0 Å². The third-order valence-corrected chi connectivity index (χ3v) is 8.72. The lowest BCUT2D eigenvalue weighted by Gasteiger charge is -2.37. The van der Waals surface area contributed by atoms with E-state index in [4.69, 9.17) is 5.73 Å². The quantitative estimate of drug-likeness (QED) is 0.271. The maximum absolute atomic E-state index is 13.7. The van der Waals surface area contributed by atoms with E-state index in [0.29, 0.717) is 18.8 Å². The Balaban J connectivity index is 1.90. The Morgan fingerprint density at radius 2 is 1.80 bits per heavy atom. The number of nitrogens with zero attached hydrogens (tertiary/aromatic N) is 2. The van der Waals surface area contributed by atoms with Crippen LogP contribution in [-0.2, 0) is 21.2 Å². The van der Waals surface area contributed by atoms with Gasteiger partial charge in [0.25, 0.3) is 0 Å². The fourth-order valence-electron chi connectivity index (χ4n) is 4.97. The van der Waals surface area contributed by atoms with Crippen molar-refractivity contribution in [3.63, 3.8) is 0 Å². The lowest BCUT2D eigenvalue weighted by molar-refractivity contribution is -0.128. The number of amides is 3. The second-order valence-corrected chi connectivity index (χ2v) is 13.1. The molecule has 0 saturated carbocycles. The monoisotopic (exact) mass is 573 g/mol. The molecular formula is C29H43N5O5S. The highest BCUT2D eigenvalue weighted by Crippen LogP contribution is 2.21. The molecule has 220 valence electrons. The van der Waals surface area contributed by atoms with Gasteiger partial charge >= 0.3 is 6.03 Å². The third-order valence-electron chi connectivity index (χ3n) is 6.89. The lowest BCUT2D eigenvalue weighted by atomic mass is 9.97. The van der Waals surface area contributed by atoms with Crippen molar-refractivity contribution < 1.29 is 23.1 Å². The molecule has 1 saturated heterocycles. The van der Waals surface area contributed by atoms with Crippen molar-refractivity contribution in [2.24, 2.45) is 11.8 Å². The SMILES string of the molecule is CC(C)CN(C[C@@H](O)[C@H](Cc1ccccc1)NC(=O)[C@H](C(C)C)N1CCCNC1=O)S(=O)(=O)c1cccc(N)c1. The van der Waals surface area contributed by atoms with Crippen molar-refractivity contribution in [3.05, 3.63) is 60.2 Å². The maximum Gasteiger partial charge on any atom is 0.318 e. The highest BCUT2D eigenvalue weighted by molar-refractivity contribution is 7.89. The Hall–Kier alpha value is -3.15. The molecular weight excluding hydrogens is 530 g/mol. The van der Waals surface area contributed by atoms with Gasteiger partial charge in [-0.2, -0.15) is 4.31 Å². The molecule has 3 atom stereocenters. The molecule has 10 nitrogen and oxygen atoms in total. The van der Waals surface area contributed by atoms with Crippen molar-refractivity contribution in [1.82, 2.24) is 19.8 Å². The van der Waals surface area contributed by atoms with E-state index in [1.54, 1.807) is 12.1 Å². The number of hydrogen-bond acceptors (Lipinski definition) is 6. The topological polar surface area (TPSA) is 145 Å². The number of anilines is 1. The first-order valence-electron chi connectivity index (χ1n) is 13.8. The zero-order chi connectivity index (χ0) is 29.4. The molecule has 1 fully saturated rings. The van der Waals surface area contributed by atoms with E-state index in [1.165, 1.54) is 21.3 Å². The first-order valence-corrected chi connectivity index (χ1v) is 15.3. The van der Waals surface area contributed by atoms with Crippen LogP contribution in [0, 0.1) is 11.8 Å². The molecule has 0 spiro atoms. The second-order valence-electron chi connectivity index (χ2n) is 11.1. The maximum atomic E-state index is 13.7. The third kappa shape index (κ3) is 8.18. The number of benzene rings is 2. The van der Waals surface area contributed by atoms with Crippen LogP contribution < -0.4 is 16.4 Å². The smallest absolute Gasteiger partial charge is 0.318 e. The number of sulfonamides is 1. The van der Waals surface area contributed by atoms with E-state index in [1.807, 2.05) is 58.0 Å². The molecule has 2 aromatic carbocycles. The van der Waals surface area contributed by atoms with Crippen LogP contribution in [0.25, 0.3) is 0 Å². The van der Waals surface area contributed by atoms with Gasteiger partial charge in [-0.1, -0.05) is 64.1 Å². The van der Waals surface area contributed by atoms with Crippen molar-refractivity contribution in [1.29, 1.82) is 0 Å². The van der Waals surface area contributed by atoms with Crippen LogP contribution in [-0.4, -0.2) is 79.0 Å². The number of aliphatic hydroxyl groups excluding tert-OH is 1. The van der Waals surface area contributed by atoms with E-state index < -0.39 is 28.2 Å². The minimum absolute atomic E-state index is 0.0202. The molecule has 1 heterocycles. The Morgan fingerprint density at radius 1 is 1.10 bits per heavy atom. The average Bonchev–Trinajstić information content (AvgIpc) is 2.89. The zero-order valence-electron chi connectivity index (χ0n) is 23.8. The summed E-state index contributed by atoms with van der Waals surface area (Å²) in [5.74, 6) is -0.589. The molecule has 40 heavy (non-hydrogen) atoms.